The second-order valence-corrected chi connectivity index (χ2v) is 22.2. The van der Waals surface area contributed by atoms with Gasteiger partial charge in [-0.15, -0.1) is 0 Å². The summed E-state index contributed by atoms with van der Waals surface area (Å²) in [4.78, 5) is 0. The van der Waals surface area contributed by atoms with E-state index in [0.29, 0.717) is 9.70 Å². The molecule has 0 fully saturated rings. The van der Waals surface area contributed by atoms with E-state index < -0.39 is 16.1 Å². The molecule has 0 nitrogen and oxygen atoms in total. The van der Waals surface area contributed by atoms with E-state index >= 15 is 0 Å². The summed E-state index contributed by atoms with van der Waals surface area (Å²) >= 11 is 0. The van der Waals surface area contributed by atoms with Crippen molar-refractivity contribution in [1.82, 2.24) is 0 Å². The van der Waals surface area contributed by atoms with E-state index in [2.05, 4.69) is 68.1 Å². The van der Waals surface area contributed by atoms with Crippen molar-refractivity contribution in [2.24, 2.45) is 0 Å². The monoisotopic (exact) mass is 398 g/mol. The summed E-state index contributed by atoms with van der Waals surface area (Å²) in [6, 6.07) is 3.17. The van der Waals surface area contributed by atoms with Crippen LogP contribution in [0.2, 0.25) is 41.4 Å². The smallest absolute Gasteiger partial charge is 0.0563 e. The van der Waals surface area contributed by atoms with E-state index in [-0.39, 0.29) is 0 Å². The summed E-state index contributed by atoms with van der Waals surface area (Å²) in [5.41, 5.74) is 0. The minimum Gasteiger partial charge on any atom is -0.0689 e. The molecular formula is C24H54Si2. The predicted molar refractivity (Wildman–Crippen MR) is 130 cm³/mol. The average Bonchev–Trinajstić information content (AvgIpc) is 2.57. The van der Waals surface area contributed by atoms with Crippen molar-refractivity contribution < 1.29 is 0 Å². The van der Waals surface area contributed by atoms with Crippen LogP contribution in [0.25, 0.3) is 0 Å². The fraction of sp³-hybridized carbons (Fsp3) is 1.00. The Hall–Kier alpha value is 0.434. The summed E-state index contributed by atoms with van der Waals surface area (Å²) in [6.07, 6.45) is 14.4. The molecule has 0 aromatic heterocycles. The largest absolute Gasteiger partial charge is 0.0689 e. The second-order valence-electron chi connectivity index (χ2n) is 10.9. The third-order valence-corrected chi connectivity index (χ3v) is 24.4. The van der Waals surface area contributed by atoms with Gasteiger partial charge in [-0.3, -0.25) is 0 Å². The number of unbranched alkanes of at least 4 members (excludes halogenated alkanes) is 4. The molecule has 0 spiro atoms. The van der Waals surface area contributed by atoms with E-state index in [9.17, 15) is 0 Å². The zero-order valence-electron chi connectivity index (χ0n) is 20.5. The Morgan fingerprint density at radius 2 is 0.923 bits per heavy atom. The minimum atomic E-state index is -1.43. The van der Waals surface area contributed by atoms with Crippen LogP contribution in [0.15, 0.2) is 0 Å². The van der Waals surface area contributed by atoms with Crippen molar-refractivity contribution in [2.45, 2.75) is 154 Å². The van der Waals surface area contributed by atoms with Crippen LogP contribution >= 0.6 is 0 Å². The van der Waals surface area contributed by atoms with Gasteiger partial charge in [-0.1, -0.05) is 144 Å². The van der Waals surface area contributed by atoms with E-state index in [1.54, 1.807) is 12.1 Å². The van der Waals surface area contributed by atoms with Gasteiger partial charge in [0.1, 0.15) is 0 Å². The summed E-state index contributed by atoms with van der Waals surface area (Å²) in [6.45, 7) is 25.8. The average molecular weight is 399 g/mol. The van der Waals surface area contributed by atoms with E-state index in [4.69, 9.17) is 0 Å². The first-order valence-electron chi connectivity index (χ1n) is 12.0. The lowest BCUT2D eigenvalue weighted by molar-refractivity contribution is 0.492. The Morgan fingerprint density at radius 1 is 0.577 bits per heavy atom. The molecular weight excluding hydrogens is 344 g/mol. The maximum Gasteiger partial charge on any atom is 0.0563 e. The molecule has 0 saturated heterocycles. The van der Waals surface area contributed by atoms with Gasteiger partial charge in [0.25, 0.3) is 0 Å². The number of rotatable bonds is 14. The Labute approximate surface area is 170 Å². The molecule has 0 radical (unpaired) electrons. The lowest BCUT2D eigenvalue weighted by Gasteiger charge is -2.61. The first-order valence-corrected chi connectivity index (χ1v) is 17.9. The SMILES string of the molecule is CCCCC(CCCC)([Si](C)(CCCC)CCCC)[Si](C)(C)C(C)(C)C. The third kappa shape index (κ3) is 5.96. The van der Waals surface area contributed by atoms with Crippen molar-refractivity contribution in [2.75, 3.05) is 0 Å². The molecule has 26 heavy (non-hydrogen) atoms. The fourth-order valence-corrected chi connectivity index (χ4v) is 21.5. The molecule has 0 bridgehead atoms. The van der Waals surface area contributed by atoms with Crippen molar-refractivity contribution in [3.8, 4) is 0 Å². The predicted octanol–water partition coefficient (Wildman–Crippen LogP) is 9.83. The van der Waals surface area contributed by atoms with Crippen LogP contribution in [0.5, 0.6) is 0 Å². The maximum absolute atomic E-state index is 2.87. The molecule has 0 aromatic rings. The van der Waals surface area contributed by atoms with Gasteiger partial charge >= 0.3 is 0 Å². The van der Waals surface area contributed by atoms with Crippen molar-refractivity contribution in [3.05, 3.63) is 0 Å². The first-order chi connectivity index (χ1) is 12.0. The Balaban J connectivity index is 6.38. The molecule has 0 aliphatic carbocycles. The quantitative estimate of drug-likeness (QED) is 0.255. The molecule has 0 rings (SSSR count). The van der Waals surface area contributed by atoms with Gasteiger partial charge in [0.05, 0.1) is 16.1 Å². The molecule has 0 saturated carbocycles. The van der Waals surface area contributed by atoms with Crippen LogP contribution in [0.4, 0.5) is 0 Å². The molecule has 0 aliphatic heterocycles. The third-order valence-electron chi connectivity index (χ3n) is 8.31. The number of hydrogen-bond donors (Lipinski definition) is 0. The highest BCUT2D eigenvalue weighted by Gasteiger charge is 2.60. The van der Waals surface area contributed by atoms with Crippen molar-refractivity contribution >= 4 is 16.1 Å². The van der Waals surface area contributed by atoms with Crippen molar-refractivity contribution in [3.63, 3.8) is 0 Å². The highest BCUT2D eigenvalue weighted by Crippen LogP contribution is 2.64. The molecule has 0 aliphatic rings. The minimum absolute atomic E-state index is 0.501. The van der Waals surface area contributed by atoms with Gasteiger partial charge in [0.15, 0.2) is 0 Å². The van der Waals surface area contributed by atoms with E-state index in [1.807, 2.05) is 0 Å². The molecule has 2 heteroatoms. The zero-order chi connectivity index (χ0) is 20.5. The van der Waals surface area contributed by atoms with E-state index in [0.717, 1.165) is 0 Å². The molecule has 0 amide bonds. The highest BCUT2D eigenvalue weighted by atomic mass is 28.4. The first kappa shape index (κ1) is 26.4. The Morgan fingerprint density at radius 3 is 1.19 bits per heavy atom. The summed E-state index contributed by atoms with van der Waals surface area (Å²) < 4.78 is 0.717. The molecule has 0 aromatic carbocycles. The Bertz CT molecular complexity index is 349. The maximum atomic E-state index is 2.87. The molecule has 0 unspecified atom stereocenters. The van der Waals surface area contributed by atoms with Gasteiger partial charge in [0.2, 0.25) is 0 Å². The summed E-state index contributed by atoms with van der Waals surface area (Å²) in [5.74, 6) is 0. The second kappa shape index (κ2) is 11.4. The lowest BCUT2D eigenvalue weighted by Crippen LogP contribution is -2.62. The van der Waals surface area contributed by atoms with Crippen LogP contribution < -0.4 is 0 Å². The lowest BCUT2D eigenvalue weighted by atomic mass is 10.1. The molecule has 0 atom stereocenters. The van der Waals surface area contributed by atoms with Crippen molar-refractivity contribution in [1.29, 1.82) is 0 Å². The van der Waals surface area contributed by atoms with Crippen LogP contribution in [-0.4, -0.2) is 16.1 Å². The molecule has 158 valence electrons. The van der Waals surface area contributed by atoms with Crippen LogP contribution in [0.3, 0.4) is 0 Å². The summed E-state index contributed by atoms with van der Waals surface area (Å²) in [7, 11) is -2.76. The van der Waals surface area contributed by atoms with Gasteiger partial charge in [-0.25, -0.2) is 0 Å². The zero-order valence-corrected chi connectivity index (χ0v) is 22.5. The van der Waals surface area contributed by atoms with Crippen LogP contribution in [0.1, 0.15) is 113 Å². The fourth-order valence-electron chi connectivity index (χ4n) is 5.52. The molecule has 0 heterocycles. The number of hydrogen-bond acceptors (Lipinski definition) is 0. The Kier molecular flexibility index (Phi) is 11.6. The van der Waals surface area contributed by atoms with Gasteiger partial charge < -0.3 is 0 Å². The van der Waals surface area contributed by atoms with Gasteiger partial charge in [-0.05, 0) is 9.70 Å². The normalized spacial score (nSPS) is 14.1. The summed E-state index contributed by atoms with van der Waals surface area (Å²) in [5, 5.41) is 0.501. The highest BCUT2D eigenvalue weighted by molar-refractivity contribution is 7.01. The van der Waals surface area contributed by atoms with E-state index in [1.165, 1.54) is 64.2 Å². The standard InChI is InChI=1S/C24H54Si2/c1-11-15-19-24(20-16-12-2,25(8,9)23(5,6)7)26(10,21-17-13-3)22-18-14-4/h11-22H2,1-10H3. The van der Waals surface area contributed by atoms with Gasteiger partial charge in [0, 0.05) is 0 Å². The van der Waals surface area contributed by atoms with Crippen LogP contribution in [0, 0.1) is 0 Å². The van der Waals surface area contributed by atoms with Gasteiger partial charge in [-0.2, -0.15) is 0 Å². The molecule has 0 N–H and O–H groups in total. The topological polar surface area (TPSA) is 0 Å². The van der Waals surface area contributed by atoms with Crippen LogP contribution in [-0.2, 0) is 0 Å².